The van der Waals surface area contributed by atoms with E-state index in [4.69, 9.17) is 0 Å². The van der Waals surface area contributed by atoms with Crippen LogP contribution in [0.25, 0.3) is 0 Å². The van der Waals surface area contributed by atoms with Gasteiger partial charge in [0.15, 0.2) is 0 Å². The van der Waals surface area contributed by atoms with E-state index in [9.17, 15) is 0 Å². The van der Waals surface area contributed by atoms with Gasteiger partial charge in [-0.25, -0.2) is 0 Å². The van der Waals surface area contributed by atoms with Gasteiger partial charge in [0, 0.05) is 4.83 Å². The van der Waals surface area contributed by atoms with Gasteiger partial charge in [-0.3, -0.25) is 0 Å². The van der Waals surface area contributed by atoms with Gasteiger partial charge in [0.1, 0.15) is 0 Å². The van der Waals surface area contributed by atoms with E-state index >= 15 is 0 Å². The molecule has 0 heterocycles. The van der Waals surface area contributed by atoms with Gasteiger partial charge in [-0.1, -0.05) is 69.5 Å². The summed E-state index contributed by atoms with van der Waals surface area (Å²) in [6.45, 7) is 6.50. The van der Waals surface area contributed by atoms with E-state index in [0.717, 1.165) is 12.8 Å². The van der Waals surface area contributed by atoms with Crippen LogP contribution < -0.4 is 0 Å². The van der Waals surface area contributed by atoms with Crippen molar-refractivity contribution in [2.24, 2.45) is 0 Å². The fourth-order valence-corrected chi connectivity index (χ4v) is 3.02. The van der Waals surface area contributed by atoms with Gasteiger partial charge in [0.25, 0.3) is 0 Å². The molecule has 106 valence electrons. The van der Waals surface area contributed by atoms with Crippen molar-refractivity contribution in [1.29, 1.82) is 0 Å². The molecule has 1 atom stereocenters. The van der Waals surface area contributed by atoms with Gasteiger partial charge in [-0.2, -0.15) is 0 Å². The summed E-state index contributed by atoms with van der Waals surface area (Å²) in [5.41, 5.74) is 6.98. The van der Waals surface area contributed by atoms with Crippen LogP contribution in [0, 0.1) is 20.8 Å². The summed E-state index contributed by atoms with van der Waals surface area (Å²) in [5, 5.41) is 0. The minimum Gasteiger partial charge on any atom is -0.0887 e. The SMILES string of the molecule is Cc1ccc(CCC(Br)Cc2cc(C)ccc2C)cc1. The average Bonchev–Trinajstić information content (AvgIpc) is 2.42. The van der Waals surface area contributed by atoms with Gasteiger partial charge < -0.3 is 0 Å². The maximum absolute atomic E-state index is 3.85. The Labute approximate surface area is 131 Å². The molecule has 2 rings (SSSR count). The molecule has 0 saturated heterocycles. The fraction of sp³-hybridized carbons (Fsp3) is 0.368. The van der Waals surface area contributed by atoms with Crippen LogP contribution in [0.5, 0.6) is 0 Å². The van der Waals surface area contributed by atoms with Crippen LogP contribution >= 0.6 is 15.9 Å². The molecule has 0 aliphatic carbocycles. The zero-order valence-corrected chi connectivity index (χ0v) is 14.2. The second-order valence-corrected chi connectivity index (χ2v) is 7.05. The molecule has 0 spiro atoms. The van der Waals surface area contributed by atoms with E-state index in [1.54, 1.807) is 0 Å². The molecule has 0 fully saturated rings. The molecule has 2 aromatic carbocycles. The number of alkyl halides is 1. The molecule has 0 aliphatic rings. The van der Waals surface area contributed by atoms with Crippen LogP contribution in [0.15, 0.2) is 42.5 Å². The van der Waals surface area contributed by atoms with Crippen LogP contribution in [0.4, 0.5) is 0 Å². The third-order valence-corrected chi connectivity index (χ3v) is 4.59. The normalized spacial score (nSPS) is 12.4. The van der Waals surface area contributed by atoms with Gasteiger partial charge in [0.05, 0.1) is 0 Å². The topological polar surface area (TPSA) is 0 Å². The van der Waals surface area contributed by atoms with Crippen molar-refractivity contribution in [3.63, 3.8) is 0 Å². The molecule has 0 bridgehead atoms. The Kier molecular flexibility index (Phi) is 5.42. The van der Waals surface area contributed by atoms with Crippen LogP contribution in [0.1, 0.15) is 34.2 Å². The van der Waals surface area contributed by atoms with Crippen molar-refractivity contribution >= 4 is 15.9 Å². The van der Waals surface area contributed by atoms with E-state index in [0.29, 0.717) is 4.83 Å². The standard InChI is InChI=1S/C19H23Br/c1-14-5-8-17(9-6-14)10-11-19(20)13-18-12-15(2)4-7-16(18)3/h4-9,12,19H,10-11,13H2,1-3H3. The average molecular weight is 331 g/mol. The van der Waals surface area contributed by atoms with Crippen molar-refractivity contribution in [2.45, 2.75) is 44.9 Å². The zero-order chi connectivity index (χ0) is 14.5. The van der Waals surface area contributed by atoms with Gasteiger partial charge >= 0.3 is 0 Å². The second-order valence-electron chi connectivity index (χ2n) is 5.76. The van der Waals surface area contributed by atoms with E-state index in [-0.39, 0.29) is 0 Å². The van der Waals surface area contributed by atoms with E-state index in [1.807, 2.05) is 0 Å². The highest BCUT2D eigenvalue weighted by Gasteiger charge is 2.08. The van der Waals surface area contributed by atoms with Crippen LogP contribution in [-0.2, 0) is 12.8 Å². The highest BCUT2D eigenvalue weighted by molar-refractivity contribution is 9.09. The van der Waals surface area contributed by atoms with Crippen LogP contribution in [0.2, 0.25) is 0 Å². The third-order valence-electron chi connectivity index (χ3n) is 3.81. The van der Waals surface area contributed by atoms with Crippen molar-refractivity contribution in [3.8, 4) is 0 Å². The molecule has 0 nitrogen and oxygen atoms in total. The van der Waals surface area contributed by atoms with E-state index in [1.165, 1.54) is 34.2 Å². The molecule has 1 unspecified atom stereocenters. The Bertz CT molecular complexity index is 554. The third kappa shape index (κ3) is 4.49. The van der Waals surface area contributed by atoms with E-state index in [2.05, 4.69) is 79.2 Å². The summed E-state index contributed by atoms with van der Waals surface area (Å²) >= 11 is 3.85. The maximum Gasteiger partial charge on any atom is 0.0189 e. The van der Waals surface area contributed by atoms with Crippen LogP contribution in [0.3, 0.4) is 0 Å². The largest absolute Gasteiger partial charge is 0.0887 e. The molecular formula is C19H23Br. The van der Waals surface area contributed by atoms with Gasteiger partial charge in [-0.05, 0) is 56.7 Å². The molecule has 0 saturated carbocycles. The lowest BCUT2D eigenvalue weighted by Gasteiger charge is -2.13. The number of hydrogen-bond acceptors (Lipinski definition) is 0. The molecule has 0 N–H and O–H groups in total. The van der Waals surface area contributed by atoms with Gasteiger partial charge in [0.2, 0.25) is 0 Å². The molecule has 0 amide bonds. The Morgan fingerprint density at radius 3 is 2.25 bits per heavy atom. The minimum absolute atomic E-state index is 0.546. The summed E-state index contributed by atoms with van der Waals surface area (Å²) in [7, 11) is 0. The number of aryl methyl sites for hydroxylation is 4. The molecule has 0 aromatic heterocycles. The summed E-state index contributed by atoms with van der Waals surface area (Å²) in [4.78, 5) is 0.546. The first kappa shape index (κ1) is 15.3. The minimum atomic E-state index is 0.546. The summed E-state index contributed by atoms with van der Waals surface area (Å²) < 4.78 is 0. The van der Waals surface area contributed by atoms with Crippen LogP contribution in [-0.4, -0.2) is 4.83 Å². The van der Waals surface area contributed by atoms with E-state index < -0.39 is 0 Å². The molecule has 0 radical (unpaired) electrons. The summed E-state index contributed by atoms with van der Waals surface area (Å²) in [5.74, 6) is 0. The Morgan fingerprint density at radius 1 is 0.900 bits per heavy atom. The molecule has 1 heteroatoms. The van der Waals surface area contributed by atoms with Crippen molar-refractivity contribution < 1.29 is 0 Å². The first-order valence-electron chi connectivity index (χ1n) is 7.30. The first-order chi connectivity index (χ1) is 9.54. The quantitative estimate of drug-likeness (QED) is 0.630. The van der Waals surface area contributed by atoms with Crippen molar-refractivity contribution in [1.82, 2.24) is 0 Å². The van der Waals surface area contributed by atoms with Gasteiger partial charge in [-0.15, -0.1) is 0 Å². The molecule has 0 aliphatic heterocycles. The highest BCUT2D eigenvalue weighted by atomic mass is 79.9. The molecular weight excluding hydrogens is 308 g/mol. The lowest BCUT2D eigenvalue weighted by atomic mass is 9.98. The fourth-order valence-electron chi connectivity index (χ4n) is 2.44. The van der Waals surface area contributed by atoms with Crippen molar-refractivity contribution in [3.05, 3.63) is 70.3 Å². The number of halogens is 1. The summed E-state index contributed by atoms with van der Waals surface area (Å²) in [6.07, 6.45) is 3.43. The lowest BCUT2D eigenvalue weighted by molar-refractivity contribution is 0.760. The zero-order valence-electron chi connectivity index (χ0n) is 12.6. The number of benzene rings is 2. The first-order valence-corrected chi connectivity index (χ1v) is 8.22. The molecule has 20 heavy (non-hydrogen) atoms. The molecule has 2 aromatic rings. The predicted molar refractivity (Wildman–Crippen MR) is 91.8 cm³/mol. The smallest absolute Gasteiger partial charge is 0.0189 e. The maximum atomic E-state index is 3.85. The van der Waals surface area contributed by atoms with Crippen molar-refractivity contribution in [2.75, 3.05) is 0 Å². The second kappa shape index (κ2) is 7.08. The number of rotatable bonds is 5. The Hall–Kier alpha value is -1.08. The highest BCUT2D eigenvalue weighted by Crippen LogP contribution is 2.20. The number of hydrogen-bond donors (Lipinski definition) is 0. The summed E-state index contributed by atoms with van der Waals surface area (Å²) in [6, 6.07) is 15.6. The Morgan fingerprint density at radius 2 is 1.55 bits per heavy atom. The lowest BCUT2D eigenvalue weighted by Crippen LogP contribution is -2.06. The Balaban J connectivity index is 1.90. The predicted octanol–water partition coefficient (Wildman–Crippen LogP) is 5.55. The monoisotopic (exact) mass is 330 g/mol.